The Hall–Kier alpha value is -1.82. The van der Waals surface area contributed by atoms with Crippen molar-refractivity contribution in [2.75, 3.05) is 18.6 Å². The summed E-state index contributed by atoms with van der Waals surface area (Å²) in [5.41, 5.74) is 3.01. The van der Waals surface area contributed by atoms with Crippen LogP contribution in [0.15, 0.2) is 54.6 Å². The van der Waals surface area contributed by atoms with E-state index in [1.54, 1.807) is 7.11 Å². The summed E-state index contributed by atoms with van der Waals surface area (Å²) in [4.78, 5) is 11.9. The van der Waals surface area contributed by atoms with Gasteiger partial charge in [-0.15, -0.1) is 11.8 Å². The quantitative estimate of drug-likeness (QED) is 0.734. The first-order valence-electron chi connectivity index (χ1n) is 7.83. The molecule has 0 spiro atoms. The number of hydrogen-bond donors (Lipinski definition) is 2. The molecule has 2 aromatic rings. The van der Waals surface area contributed by atoms with E-state index in [0.29, 0.717) is 24.7 Å². The third kappa shape index (κ3) is 6.35. The summed E-state index contributed by atoms with van der Waals surface area (Å²) in [5.74, 6) is 0.806. The highest BCUT2D eigenvalue weighted by Crippen LogP contribution is 2.17. The molecule has 0 radical (unpaired) electrons. The molecule has 2 rings (SSSR count). The number of ether oxygens (including phenoxy) is 1. The van der Waals surface area contributed by atoms with Crippen molar-refractivity contribution in [3.05, 3.63) is 71.3 Å². The maximum absolute atomic E-state index is 11.9. The molecule has 0 heterocycles. The molecule has 0 aliphatic carbocycles. The highest BCUT2D eigenvalue weighted by Gasteiger charge is 2.09. The lowest BCUT2D eigenvalue weighted by Crippen LogP contribution is -2.25. The van der Waals surface area contributed by atoms with E-state index < -0.39 is 6.10 Å². The van der Waals surface area contributed by atoms with Crippen molar-refractivity contribution in [1.82, 2.24) is 5.32 Å². The molecule has 24 heavy (non-hydrogen) atoms. The van der Waals surface area contributed by atoms with Crippen LogP contribution in [0.25, 0.3) is 0 Å². The summed E-state index contributed by atoms with van der Waals surface area (Å²) >= 11 is 1.43. The molecule has 0 saturated heterocycles. The van der Waals surface area contributed by atoms with Crippen LogP contribution < -0.4 is 5.32 Å². The minimum atomic E-state index is -0.547. The smallest absolute Gasteiger partial charge is 0.230 e. The fourth-order valence-electron chi connectivity index (χ4n) is 2.28. The van der Waals surface area contributed by atoms with Gasteiger partial charge in [-0.05, 0) is 16.7 Å². The van der Waals surface area contributed by atoms with Crippen LogP contribution in [0.5, 0.6) is 0 Å². The second-order valence-corrected chi connectivity index (χ2v) is 6.50. The summed E-state index contributed by atoms with van der Waals surface area (Å²) in [5, 5.41) is 13.0. The Morgan fingerprint density at radius 2 is 1.92 bits per heavy atom. The normalized spacial score (nSPS) is 11.9. The van der Waals surface area contributed by atoms with Crippen molar-refractivity contribution in [1.29, 1.82) is 0 Å². The number of nitrogens with one attached hydrogen (secondary N) is 1. The zero-order valence-corrected chi connectivity index (χ0v) is 14.6. The second kappa shape index (κ2) is 10.1. The minimum absolute atomic E-state index is 0.0302. The highest BCUT2D eigenvalue weighted by atomic mass is 32.2. The summed E-state index contributed by atoms with van der Waals surface area (Å²) in [7, 11) is 1.66. The van der Waals surface area contributed by atoms with Crippen molar-refractivity contribution in [2.45, 2.75) is 19.3 Å². The number of hydrogen-bond acceptors (Lipinski definition) is 4. The van der Waals surface area contributed by atoms with Crippen molar-refractivity contribution >= 4 is 17.7 Å². The van der Waals surface area contributed by atoms with Gasteiger partial charge in [-0.2, -0.15) is 0 Å². The zero-order chi connectivity index (χ0) is 17.2. The van der Waals surface area contributed by atoms with Crippen LogP contribution in [0.1, 0.15) is 22.8 Å². The molecular formula is C19H23NO3S. The molecule has 0 aliphatic heterocycles. The number of aliphatic hydroxyl groups excluding tert-OH is 1. The molecule has 0 aliphatic rings. The van der Waals surface area contributed by atoms with Gasteiger partial charge >= 0.3 is 0 Å². The van der Waals surface area contributed by atoms with E-state index in [9.17, 15) is 9.90 Å². The van der Waals surface area contributed by atoms with E-state index in [4.69, 9.17) is 4.74 Å². The van der Waals surface area contributed by atoms with E-state index in [1.807, 2.05) is 54.6 Å². The van der Waals surface area contributed by atoms with Gasteiger partial charge in [0, 0.05) is 19.4 Å². The van der Waals surface area contributed by atoms with Crippen LogP contribution in [0, 0.1) is 0 Å². The average Bonchev–Trinajstić information content (AvgIpc) is 2.61. The lowest BCUT2D eigenvalue weighted by Gasteiger charge is -2.11. The Morgan fingerprint density at radius 3 is 2.67 bits per heavy atom. The molecule has 4 nitrogen and oxygen atoms in total. The van der Waals surface area contributed by atoms with Crippen LogP contribution in [0.3, 0.4) is 0 Å². The number of methoxy groups -OCH3 is 1. The maximum Gasteiger partial charge on any atom is 0.230 e. The van der Waals surface area contributed by atoms with Crippen molar-refractivity contribution in [3.8, 4) is 0 Å². The molecule has 0 aromatic heterocycles. The number of carbonyl (C=O) groups excluding carboxylic acids is 1. The van der Waals surface area contributed by atoms with E-state index in [2.05, 4.69) is 5.32 Å². The zero-order valence-electron chi connectivity index (χ0n) is 13.8. The van der Waals surface area contributed by atoms with Crippen LogP contribution in [-0.4, -0.2) is 29.6 Å². The van der Waals surface area contributed by atoms with Crippen molar-refractivity contribution in [2.24, 2.45) is 0 Å². The third-order valence-corrected chi connectivity index (χ3v) is 4.50. The molecule has 0 fully saturated rings. The molecule has 0 bridgehead atoms. The molecule has 128 valence electrons. The molecule has 1 amide bonds. The number of carbonyl (C=O) groups is 1. The van der Waals surface area contributed by atoms with E-state index in [1.165, 1.54) is 11.8 Å². The van der Waals surface area contributed by atoms with Gasteiger partial charge in [0.05, 0.1) is 18.5 Å². The predicted molar refractivity (Wildman–Crippen MR) is 97.7 cm³/mol. The lowest BCUT2D eigenvalue weighted by molar-refractivity contribution is -0.118. The Balaban J connectivity index is 1.69. The van der Waals surface area contributed by atoms with E-state index >= 15 is 0 Å². The number of aliphatic hydroxyl groups is 1. The van der Waals surface area contributed by atoms with Gasteiger partial charge in [0.15, 0.2) is 0 Å². The molecule has 2 N–H and O–H groups in total. The van der Waals surface area contributed by atoms with Gasteiger partial charge in [-0.3, -0.25) is 4.79 Å². The number of amides is 1. The molecule has 1 atom stereocenters. The maximum atomic E-state index is 11.9. The van der Waals surface area contributed by atoms with Crippen molar-refractivity contribution < 1.29 is 14.6 Å². The lowest BCUT2D eigenvalue weighted by atomic mass is 10.1. The Bertz CT molecular complexity index is 634. The van der Waals surface area contributed by atoms with Gasteiger partial charge in [0.2, 0.25) is 5.91 Å². The molecule has 5 heteroatoms. The van der Waals surface area contributed by atoms with Gasteiger partial charge in [0.25, 0.3) is 0 Å². The van der Waals surface area contributed by atoms with Crippen LogP contribution in [-0.2, 0) is 22.7 Å². The van der Waals surface area contributed by atoms with Gasteiger partial charge in [-0.25, -0.2) is 0 Å². The second-order valence-electron chi connectivity index (χ2n) is 5.47. The fourth-order valence-corrected chi connectivity index (χ4v) is 3.10. The number of rotatable bonds is 9. The average molecular weight is 345 g/mol. The number of thioether (sulfide) groups is 1. The minimum Gasteiger partial charge on any atom is -0.388 e. The summed E-state index contributed by atoms with van der Waals surface area (Å²) in [6, 6.07) is 17.4. The van der Waals surface area contributed by atoms with Gasteiger partial charge < -0.3 is 15.2 Å². The Labute approximate surface area is 147 Å². The molecular weight excluding hydrogens is 322 g/mol. The van der Waals surface area contributed by atoms with E-state index in [0.717, 1.165) is 16.7 Å². The summed E-state index contributed by atoms with van der Waals surface area (Å²) < 4.78 is 5.11. The first kappa shape index (κ1) is 18.5. The van der Waals surface area contributed by atoms with Crippen LogP contribution in [0.2, 0.25) is 0 Å². The molecule has 1 unspecified atom stereocenters. The SMILES string of the molecule is COCc1cccc(CNC(=O)CSCC(O)c2ccccc2)c1. The predicted octanol–water partition coefficient (Wildman–Crippen LogP) is 2.92. The third-order valence-electron chi connectivity index (χ3n) is 3.49. The summed E-state index contributed by atoms with van der Waals surface area (Å²) in [6.45, 7) is 1.06. The van der Waals surface area contributed by atoms with Crippen molar-refractivity contribution in [3.63, 3.8) is 0 Å². The van der Waals surface area contributed by atoms with Crippen LogP contribution in [0.4, 0.5) is 0 Å². The number of benzene rings is 2. The van der Waals surface area contributed by atoms with Gasteiger partial charge in [-0.1, -0.05) is 54.6 Å². The monoisotopic (exact) mass is 345 g/mol. The topological polar surface area (TPSA) is 58.6 Å². The molecule has 2 aromatic carbocycles. The van der Waals surface area contributed by atoms with Gasteiger partial charge in [0.1, 0.15) is 0 Å². The van der Waals surface area contributed by atoms with Crippen LogP contribution >= 0.6 is 11.8 Å². The Morgan fingerprint density at radius 1 is 1.17 bits per heavy atom. The van der Waals surface area contributed by atoms with E-state index in [-0.39, 0.29) is 5.91 Å². The molecule has 0 saturated carbocycles. The first-order chi connectivity index (χ1) is 11.7. The highest BCUT2D eigenvalue weighted by molar-refractivity contribution is 7.99. The Kier molecular flexibility index (Phi) is 7.82. The first-order valence-corrected chi connectivity index (χ1v) is 8.98. The summed E-state index contributed by atoms with van der Waals surface area (Å²) in [6.07, 6.45) is -0.547. The standard InChI is InChI=1S/C19H23NO3S/c1-23-12-16-7-5-6-15(10-16)11-20-19(22)14-24-13-18(21)17-8-3-2-4-9-17/h2-10,18,21H,11-14H2,1H3,(H,20,22). The largest absolute Gasteiger partial charge is 0.388 e. The fraction of sp³-hybridized carbons (Fsp3) is 0.316.